The summed E-state index contributed by atoms with van der Waals surface area (Å²) in [4.78, 5) is 11.2. The first kappa shape index (κ1) is 11.8. The molecule has 0 saturated heterocycles. The smallest absolute Gasteiger partial charge is 0.350 e. The van der Waals surface area contributed by atoms with E-state index in [2.05, 4.69) is 10.4 Å². The van der Waals surface area contributed by atoms with Crippen LogP contribution in [0.3, 0.4) is 0 Å². The molecule has 0 saturated carbocycles. The van der Waals surface area contributed by atoms with Gasteiger partial charge >= 0.3 is 5.97 Å². The molecule has 0 aromatic carbocycles. The molecule has 1 aromatic heterocycles. The number of hydrogen-bond acceptors (Lipinski definition) is 5. The first-order valence-corrected chi connectivity index (χ1v) is 4.71. The number of carbonyl (C=O) groups is 1. The summed E-state index contributed by atoms with van der Waals surface area (Å²) in [6.07, 6.45) is 2.90. The van der Waals surface area contributed by atoms with E-state index in [0.29, 0.717) is 5.82 Å². The lowest BCUT2D eigenvalue weighted by atomic mass is 10.3. The van der Waals surface area contributed by atoms with E-state index >= 15 is 0 Å². The third kappa shape index (κ3) is 2.85. The summed E-state index contributed by atoms with van der Waals surface area (Å²) in [5, 5.41) is 15.5. The summed E-state index contributed by atoms with van der Waals surface area (Å²) < 4.78 is 6.28. The largest absolute Gasteiger partial charge is 0.462 e. The number of nitrogens with one attached hydrogen (secondary N) is 1. The van der Waals surface area contributed by atoms with E-state index in [1.165, 1.54) is 6.20 Å². The number of aromatic nitrogens is 2. The van der Waals surface area contributed by atoms with E-state index in [1.807, 2.05) is 0 Å². The maximum atomic E-state index is 11.2. The maximum absolute atomic E-state index is 11.2. The molecule has 0 unspecified atom stereocenters. The molecule has 0 fully saturated rings. The van der Waals surface area contributed by atoms with Gasteiger partial charge in [0, 0.05) is 19.3 Å². The van der Waals surface area contributed by atoms with E-state index in [1.54, 1.807) is 37.0 Å². The zero-order valence-corrected chi connectivity index (χ0v) is 9.10. The minimum absolute atomic E-state index is 0.0805. The van der Waals surface area contributed by atoms with Crippen LogP contribution in [0, 0.1) is 11.3 Å². The van der Waals surface area contributed by atoms with Crippen LogP contribution in [0.5, 0.6) is 0 Å². The van der Waals surface area contributed by atoms with Gasteiger partial charge in [-0.2, -0.15) is 10.4 Å². The molecule has 0 spiro atoms. The van der Waals surface area contributed by atoms with Crippen molar-refractivity contribution in [2.75, 3.05) is 11.9 Å². The van der Waals surface area contributed by atoms with Crippen molar-refractivity contribution in [1.82, 2.24) is 9.78 Å². The minimum atomic E-state index is -0.639. The van der Waals surface area contributed by atoms with Gasteiger partial charge in [0.2, 0.25) is 0 Å². The lowest BCUT2D eigenvalue weighted by Gasteiger charge is -2.02. The third-order valence-corrected chi connectivity index (χ3v) is 1.80. The molecule has 6 heteroatoms. The highest BCUT2D eigenvalue weighted by Crippen LogP contribution is 2.05. The van der Waals surface area contributed by atoms with E-state index in [-0.39, 0.29) is 12.2 Å². The zero-order chi connectivity index (χ0) is 12.0. The Labute approximate surface area is 93.1 Å². The van der Waals surface area contributed by atoms with Crippen LogP contribution in [0.1, 0.15) is 6.92 Å². The van der Waals surface area contributed by atoms with Crippen molar-refractivity contribution in [3.05, 3.63) is 24.0 Å². The highest BCUT2D eigenvalue weighted by atomic mass is 16.5. The second kappa shape index (κ2) is 5.56. The van der Waals surface area contributed by atoms with Crippen LogP contribution >= 0.6 is 0 Å². The van der Waals surface area contributed by atoms with Crippen molar-refractivity contribution in [2.24, 2.45) is 7.05 Å². The number of nitrogens with zero attached hydrogens (tertiary/aromatic N) is 3. The first-order chi connectivity index (χ1) is 7.69. The van der Waals surface area contributed by atoms with Gasteiger partial charge in [0.05, 0.1) is 12.8 Å². The van der Waals surface area contributed by atoms with Gasteiger partial charge in [0.1, 0.15) is 11.9 Å². The summed E-state index contributed by atoms with van der Waals surface area (Å²) >= 11 is 0. The van der Waals surface area contributed by atoms with Crippen LogP contribution in [0.15, 0.2) is 24.0 Å². The van der Waals surface area contributed by atoms with Crippen molar-refractivity contribution < 1.29 is 9.53 Å². The number of esters is 1. The molecule has 1 N–H and O–H groups in total. The predicted molar refractivity (Wildman–Crippen MR) is 57.2 cm³/mol. The monoisotopic (exact) mass is 220 g/mol. The number of anilines is 1. The quantitative estimate of drug-likeness (QED) is 0.461. The molecule has 1 rings (SSSR count). The van der Waals surface area contributed by atoms with Crippen LogP contribution in [0.25, 0.3) is 0 Å². The molecular weight excluding hydrogens is 208 g/mol. The van der Waals surface area contributed by atoms with Gasteiger partial charge in [0.25, 0.3) is 0 Å². The number of rotatable bonds is 4. The van der Waals surface area contributed by atoms with Gasteiger partial charge in [-0.15, -0.1) is 0 Å². The Balaban J connectivity index is 2.72. The van der Waals surface area contributed by atoms with E-state index in [0.717, 1.165) is 0 Å². The zero-order valence-electron chi connectivity index (χ0n) is 9.10. The Kier molecular flexibility index (Phi) is 4.09. The number of carbonyl (C=O) groups excluding carboxylic acids is 1. The maximum Gasteiger partial charge on any atom is 0.350 e. The number of ether oxygens (including phenoxy) is 1. The van der Waals surface area contributed by atoms with Crippen LogP contribution < -0.4 is 5.32 Å². The number of nitriles is 1. The van der Waals surface area contributed by atoms with Crippen LogP contribution in [-0.4, -0.2) is 22.4 Å². The third-order valence-electron chi connectivity index (χ3n) is 1.80. The summed E-state index contributed by atoms with van der Waals surface area (Å²) in [6, 6.07) is 3.48. The van der Waals surface area contributed by atoms with Crippen molar-refractivity contribution in [3.63, 3.8) is 0 Å². The number of hydrogen-bond donors (Lipinski definition) is 1. The normalized spacial score (nSPS) is 10.7. The molecule has 84 valence electrons. The highest BCUT2D eigenvalue weighted by Gasteiger charge is 2.09. The van der Waals surface area contributed by atoms with Crippen LogP contribution in [0.2, 0.25) is 0 Å². The van der Waals surface area contributed by atoms with E-state index in [4.69, 9.17) is 10.00 Å². The molecule has 0 bridgehead atoms. The lowest BCUT2D eigenvalue weighted by Crippen LogP contribution is -2.08. The van der Waals surface area contributed by atoms with Crippen LogP contribution in [0.4, 0.5) is 5.82 Å². The average Bonchev–Trinajstić information content (AvgIpc) is 2.66. The summed E-state index contributed by atoms with van der Waals surface area (Å²) in [5.74, 6) is 0.0386. The van der Waals surface area contributed by atoms with E-state index in [9.17, 15) is 4.79 Å². The molecule has 0 aliphatic heterocycles. The Bertz CT molecular complexity index is 442. The molecule has 0 aliphatic carbocycles. The van der Waals surface area contributed by atoms with Gasteiger partial charge in [0.15, 0.2) is 5.57 Å². The fourth-order valence-electron chi connectivity index (χ4n) is 1.01. The Morgan fingerprint density at radius 2 is 2.56 bits per heavy atom. The molecule has 6 nitrogen and oxygen atoms in total. The Hall–Kier alpha value is -2.29. The minimum Gasteiger partial charge on any atom is -0.462 e. The SMILES string of the molecule is CCOC(=O)C(C#N)=CNc1ccnn1C. The van der Waals surface area contributed by atoms with Gasteiger partial charge in [-0.05, 0) is 6.92 Å². The summed E-state index contributed by atoms with van der Waals surface area (Å²) in [5.41, 5.74) is -0.0805. The second-order valence-corrected chi connectivity index (χ2v) is 2.87. The van der Waals surface area contributed by atoms with Crippen molar-refractivity contribution in [2.45, 2.75) is 6.92 Å². The molecule has 0 radical (unpaired) electrons. The Morgan fingerprint density at radius 3 is 3.06 bits per heavy atom. The van der Waals surface area contributed by atoms with Crippen LogP contribution in [-0.2, 0) is 16.6 Å². The predicted octanol–water partition coefficient (Wildman–Crippen LogP) is 0.803. The van der Waals surface area contributed by atoms with Crippen molar-refractivity contribution in [1.29, 1.82) is 5.26 Å². The molecule has 0 aliphatic rings. The molecule has 0 atom stereocenters. The van der Waals surface area contributed by atoms with Gasteiger partial charge < -0.3 is 10.1 Å². The standard InChI is InChI=1S/C10H12N4O2/c1-3-16-10(15)8(6-11)7-12-9-4-5-13-14(9)2/h4-5,7,12H,3H2,1-2H3. The fraction of sp³-hybridized carbons (Fsp3) is 0.300. The lowest BCUT2D eigenvalue weighted by molar-refractivity contribution is -0.138. The average molecular weight is 220 g/mol. The first-order valence-electron chi connectivity index (χ1n) is 4.71. The van der Waals surface area contributed by atoms with Crippen molar-refractivity contribution >= 4 is 11.8 Å². The fourth-order valence-corrected chi connectivity index (χ4v) is 1.01. The Morgan fingerprint density at radius 1 is 1.81 bits per heavy atom. The summed E-state index contributed by atoms with van der Waals surface area (Å²) in [6.45, 7) is 1.92. The molecule has 1 aromatic rings. The number of aryl methyl sites for hydroxylation is 1. The second-order valence-electron chi connectivity index (χ2n) is 2.87. The molecular formula is C10H12N4O2. The summed E-state index contributed by atoms with van der Waals surface area (Å²) in [7, 11) is 1.74. The van der Waals surface area contributed by atoms with Gasteiger partial charge in [-0.1, -0.05) is 0 Å². The van der Waals surface area contributed by atoms with Crippen molar-refractivity contribution in [3.8, 4) is 6.07 Å². The molecule has 16 heavy (non-hydrogen) atoms. The highest BCUT2D eigenvalue weighted by molar-refractivity contribution is 5.93. The van der Waals surface area contributed by atoms with E-state index < -0.39 is 5.97 Å². The topological polar surface area (TPSA) is 79.9 Å². The van der Waals surface area contributed by atoms with Gasteiger partial charge in [-0.3, -0.25) is 4.68 Å². The molecule has 1 heterocycles. The van der Waals surface area contributed by atoms with Gasteiger partial charge in [-0.25, -0.2) is 4.79 Å². The molecule has 0 amide bonds.